The van der Waals surface area contributed by atoms with Gasteiger partial charge in [0.25, 0.3) is 0 Å². The highest BCUT2D eigenvalue weighted by Gasteiger charge is 2.22. The maximum Gasteiger partial charge on any atom is 0.338 e. The molecule has 0 atom stereocenters. The molecule has 1 aromatic carbocycles. The van der Waals surface area contributed by atoms with Gasteiger partial charge in [0.2, 0.25) is 0 Å². The molecule has 168 valence electrons. The lowest BCUT2D eigenvalue weighted by atomic mass is 9.93. The fourth-order valence-corrected chi connectivity index (χ4v) is 4.28. The van der Waals surface area contributed by atoms with Crippen LogP contribution in [0, 0.1) is 0 Å². The Morgan fingerprint density at radius 3 is 2.47 bits per heavy atom. The molecule has 0 amide bonds. The first-order chi connectivity index (χ1) is 14.4. The summed E-state index contributed by atoms with van der Waals surface area (Å²) >= 11 is 3.49. The van der Waals surface area contributed by atoms with Crippen molar-refractivity contribution in [1.82, 2.24) is 10.2 Å². The van der Waals surface area contributed by atoms with Gasteiger partial charge in [0.1, 0.15) is 13.2 Å². The summed E-state index contributed by atoms with van der Waals surface area (Å²) in [6.45, 7) is 6.76. The number of hydrogen-bond donors (Lipinski definition) is 2. The largest absolute Gasteiger partial charge is 0.465 e. The van der Waals surface area contributed by atoms with E-state index in [9.17, 15) is 9.59 Å². The second-order valence-electron chi connectivity index (χ2n) is 7.61. The Morgan fingerprint density at radius 2 is 1.83 bits per heavy atom. The molecule has 8 heteroatoms. The molecule has 2 rings (SSSR count). The summed E-state index contributed by atoms with van der Waals surface area (Å²) < 4.78 is 10.9. The van der Waals surface area contributed by atoms with Gasteiger partial charge in [0.05, 0.1) is 11.3 Å². The SMILES string of the molecule is CCN(Cc1cc(C(=O)OCCNCCOC(C)=O)cc(Br)c1N)C1CCCCC1. The fourth-order valence-electron chi connectivity index (χ4n) is 3.78. The van der Waals surface area contributed by atoms with Crippen LogP contribution in [0.25, 0.3) is 0 Å². The van der Waals surface area contributed by atoms with Gasteiger partial charge in [0.15, 0.2) is 0 Å². The first-order valence-corrected chi connectivity index (χ1v) is 11.5. The summed E-state index contributed by atoms with van der Waals surface area (Å²) in [5.74, 6) is -0.683. The molecule has 0 heterocycles. The second kappa shape index (κ2) is 12.9. The number of carbonyl (C=O) groups is 2. The van der Waals surface area contributed by atoms with E-state index in [2.05, 4.69) is 33.1 Å². The number of esters is 2. The molecule has 0 bridgehead atoms. The maximum atomic E-state index is 12.5. The van der Waals surface area contributed by atoms with Crippen molar-refractivity contribution in [2.24, 2.45) is 0 Å². The highest BCUT2D eigenvalue weighted by molar-refractivity contribution is 9.10. The third kappa shape index (κ3) is 7.89. The molecule has 0 aromatic heterocycles. The van der Waals surface area contributed by atoms with Crippen LogP contribution in [0.5, 0.6) is 0 Å². The van der Waals surface area contributed by atoms with E-state index in [-0.39, 0.29) is 18.5 Å². The third-order valence-corrected chi connectivity index (χ3v) is 6.07. The van der Waals surface area contributed by atoms with Crippen molar-refractivity contribution in [1.29, 1.82) is 0 Å². The minimum absolute atomic E-state index is 0.236. The Kier molecular flexibility index (Phi) is 10.6. The van der Waals surface area contributed by atoms with Gasteiger partial charge in [-0.3, -0.25) is 9.69 Å². The van der Waals surface area contributed by atoms with Gasteiger partial charge in [-0.2, -0.15) is 0 Å². The summed E-state index contributed by atoms with van der Waals surface area (Å²) in [5.41, 5.74) is 8.41. The topological polar surface area (TPSA) is 93.9 Å². The van der Waals surface area contributed by atoms with Crippen molar-refractivity contribution in [3.05, 3.63) is 27.7 Å². The van der Waals surface area contributed by atoms with Crippen LogP contribution in [0.15, 0.2) is 16.6 Å². The lowest BCUT2D eigenvalue weighted by molar-refractivity contribution is -0.140. The van der Waals surface area contributed by atoms with Gasteiger partial charge < -0.3 is 20.5 Å². The molecule has 1 fully saturated rings. The summed E-state index contributed by atoms with van der Waals surface area (Å²) in [4.78, 5) is 25.7. The molecule has 1 aliphatic rings. The lowest BCUT2D eigenvalue weighted by Crippen LogP contribution is -2.36. The van der Waals surface area contributed by atoms with Crippen LogP contribution < -0.4 is 11.1 Å². The van der Waals surface area contributed by atoms with Crippen LogP contribution >= 0.6 is 15.9 Å². The quantitative estimate of drug-likeness (QED) is 0.282. The summed E-state index contributed by atoms with van der Waals surface area (Å²) in [6, 6.07) is 4.14. The van der Waals surface area contributed by atoms with Crippen molar-refractivity contribution < 1.29 is 19.1 Å². The Balaban J connectivity index is 1.91. The molecule has 3 N–H and O–H groups in total. The third-order valence-electron chi connectivity index (χ3n) is 5.42. The highest BCUT2D eigenvalue weighted by Crippen LogP contribution is 2.29. The minimum atomic E-state index is -0.376. The van der Waals surface area contributed by atoms with Crippen LogP contribution in [0.3, 0.4) is 0 Å². The lowest BCUT2D eigenvalue weighted by Gasteiger charge is -2.34. The van der Waals surface area contributed by atoms with E-state index in [1.54, 1.807) is 6.07 Å². The predicted molar refractivity (Wildman–Crippen MR) is 121 cm³/mol. The Bertz CT molecular complexity index is 708. The van der Waals surface area contributed by atoms with E-state index in [0.717, 1.165) is 18.7 Å². The molecule has 7 nitrogen and oxygen atoms in total. The molecule has 1 aliphatic carbocycles. The van der Waals surface area contributed by atoms with Gasteiger partial charge in [-0.25, -0.2) is 4.79 Å². The van der Waals surface area contributed by atoms with Gasteiger partial charge in [0, 0.05) is 37.1 Å². The Labute approximate surface area is 187 Å². The first-order valence-electron chi connectivity index (χ1n) is 10.8. The number of benzene rings is 1. The number of anilines is 1. The maximum absolute atomic E-state index is 12.5. The molecular weight excluding hydrogens is 450 g/mol. The summed E-state index contributed by atoms with van der Waals surface area (Å²) in [5, 5.41) is 3.06. The average Bonchev–Trinajstić information content (AvgIpc) is 2.74. The van der Waals surface area contributed by atoms with E-state index >= 15 is 0 Å². The van der Waals surface area contributed by atoms with Crippen molar-refractivity contribution in [3.63, 3.8) is 0 Å². The van der Waals surface area contributed by atoms with Crippen LogP contribution in [-0.4, -0.2) is 55.7 Å². The number of nitrogen functional groups attached to an aromatic ring is 1. The van der Waals surface area contributed by atoms with Crippen LogP contribution in [0.2, 0.25) is 0 Å². The normalized spacial score (nSPS) is 14.7. The number of halogens is 1. The fraction of sp³-hybridized carbons (Fsp3) is 0.636. The van der Waals surface area contributed by atoms with Crippen LogP contribution in [0.4, 0.5) is 5.69 Å². The van der Waals surface area contributed by atoms with Gasteiger partial charge in [-0.05, 0) is 53.0 Å². The van der Waals surface area contributed by atoms with E-state index in [1.807, 2.05) is 6.07 Å². The van der Waals surface area contributed by atoms with Gasteiger partial charge in [-0.1, -0.05) is 26.2 Å². The van der Waals surface area contributed by atoms with Crippen LogP contribution in [-0.2, 0) is 20.8 Å². The molecule has 0 unspecified atom stereocenters. The summed E-state index contributed by atoms with van der Waals surface area (Å²) in [6.07, 6.45) is 6.33. The average molecular weight is 484 g/mol. The van der Waals surface area contributed by atoms with E-state index in [1.165, 1.54) is 39.0 Å². The number of nitrogens with two attached hydrogens (primary N) is 1. The minimum Gasteiger partial charge on any atom is -0.465 e. The number of nitrogens with zero attached hydrogens (tertiary/aromatic N) is 1. The zero-order valence-corrected chi connectivity index (χ0v) is 19.6. The number of rotatable bonds is 11. The number of ether oxygens (including phenoxy) is 2. The van der Waals surface area contributed by atoms with Gasteiger partial charge in [-0.15, -0.1) is 0 Å². The monoisotopic (exact) mass is 483 g/mol. The van der Waals surface area contributed by atoms with Crippen molar-refractivity contribution in [2.45, 2.75) is 58.5 Å². The standard InChI is InChI=1S/C22H34BrN3O4/c1-3-26(19-7-5-4-6-8-19)15-18-13-17(14-20(23)21(18)24)22(28)30-12-10-25-9-11-29-16(2)27/h13-14,19,25H,3-12,15,24H2,1-2H3. The smallest absolute Gasteiger partial charge is 0.338 e. The molecule has 0 saturated heterocycles. The number of hydrogen-bond acceptors (Lipinski definition) is 7. The number of carbonyl (C=O) groups excluding carboxylic acids is 2. The molecular formula is C22H34BrN3O4. The van der Waals surface area contributed by atoms with Crippen molar-refractivity contribution in [2.75, 3.05) is 38.6 Å². The van der Waals surface area contributed by atoms with Crippen LogP contribution in [0.1, 0.15) is 61.9 Å². The molecule has 1 aromatic rings. The highest BCUT2D eigenvalue weighted by atomic mass is 79.9. The molecule has 30 heavy (non-hydrogen) atoms. The Morgan fingerprint density at radius 1 is 1.17 bits per heavy atom. The predicted octanol–water partition coefficient (Wildman–Crippen LogP) is 3.50. The Hall–Kier alpha value is -1.64. The molecule has 0 spiro atoms. The summed E-state index contributed by atoms with van der Waals surface area (Å²) in [7, 11) is 0. The van der Waals surface area contributed by atoms with Gasteiger partial charge >= 0.3 is 11.9 Å². The van der Waals surface area contributed by atoms with Crippen molar-refractivity contribution in [3.8, 4) is 0 Å². The molecule has 0 aliphatic heterocycles. The molecule has 1 saturated carbocycles. The van der Waals surface area contributed by atoms with E-state index in [4.69, 9.17) is 15.2 Å². The number of nitrogens with one attached hydrogen (secondary N) is 1. The molecule has 0 radical (unpaired) electrons. The van der Waals surface area contributed by atoms with Crippen molar-refractivity contribution >= 4 is 33.6 Å². The zero-order valence-electron chi connectivity index (χ0n) is 18.0. The zero-order chi connectivity index (χ0) is 21.9. The first kappa shape index (κ1) is 24.6. The van der Waals surface area contributed by atoms with E-state index in [0.29, 0.717) is 41.5 Å². The van der Waals surface area contributed by atoms with E-state index < -0.39 is 0 Å². The second-order valence-corrected chi connectivity index (χ2v) is 8.47.